The van der Waals surface area contributed by atoms with Gasteiger partial charge in [-0.3, -0.25) is 0 Å². The Morgan fingerprint density at radius 2 is 1.96 bits per heavy atom. The minimum atomic E-state index is -0.744. The van der Waals surface area contributed by atoms with E-state index < -0.39 is 11.7 Å². The van der Waals surface area contributed by atoms with Crippen molar-refractivity contribution < 1.29 is 19.3 Å². The van der Waals surface area contributed by atoms with Gasteiger partial charge in [-0.25, -0.2) is 0 Å². The van der Waals surface area contributed by atoms with Crippen LogP contribution in [0.1, 0.15) is 31.0 Å². The molecule has 4 N–H and O–H groups in total. The zero-order valence-corrected chi connectivity index (χ0v) is 16.1. The van der Waals surface area contributed by atoms with Gasteiger partial charge < -0.3 is 30.4 Å². The number of nitrogens with two attached hydrogens (primary N) is 1. The Bertz CT molecular complexity index is 764. The summed E-state index contributed by atoms with van der Waals surface area (Å²) < 4.78 is 16.5. The third kappa shape index (κ3) is 4.35. The molecule has 1 heterocycles. The second-order valence-electron chi connectivity index (χ2n) is 7.30. The molecule has 2 aromatic rings. The molecular weight excluding hydrogens is 344 g/mol. The molecule has 0 amide bonds. The maximum atomic E-state index is 10.9. The van der Waals surface area contributed by atoms with Crippen LogP contribution in [0.25, 0.3) is 0 Å². The van der Waals surface area contributed by atoms with Crippen molar-refractivity contribution in [2.75, 3.05) is 26.2 Å². The standard InChI is InChI=1S/C21H28N2O4/c1-21(2)20(24)19(23-10-9-14-7-5-4-6-8-14)15-11-16(22)18(26-13-25-3)12-17(15)27-21/h4-8,11-12,19-20,23-24H,9-10,13,22H2,1-3H3. The average Bonchev–Trinajstić information content (AvgIpc) is 2.65. The smallest absolute Gasteiger partial charge is 0.188 e. The number of hydrogen-bond donors (Lipinski definition) is 3. The fraction of sp³-hybridized carbons (Fsp3) is 0.429. The second kappa shape index (κ2) is 8.17. The van der Waals surface area contributed by atoms with Crippen LogP contribution < -0.4 is 20.5 Å². The molecule has 1 aliphatic rings. The van der Waals surface area contributed by atoms with Gasteiger partial charge in [-0.15, -0.1) is 0 Å². The van der Waals surface area contributed by atoms with Gasteiger partial charge in [0.25, 0.3) is 0 Å². The predicted octanol–water partition coefficient (Wildman–Crippen LogP) is 2.66. The molecular formula is C21H28N2O4. The van der Waals surface area contributed by atoms with Crippen molar-refractivity contribution in [3.63, 3.8) is 0 Å². The van der Waals surface area contributed by atoms with Crippen LogP contribution in [0.4, 0.5) is 5.69 Å². The van der Waals surface area contributed by atoms with Crippen molar-refractivity contribution in [3.05, 3.63) is 53.6 Å². The Morgan fingerprint density at radius 1 is 1.22 bits per heavy atom. The lowest BCUT2D eigenvalue weighted by atomic mass is 9.86. The summed E-state index contributed by atoms with van der Waals surface area (Å²) >= 11 is 0. The Balaban J connectivity index is 1.81. The molecule has 2 atom stereocenters. The maximum Gasteiger partial charge on any atom is 0.188 e. The number of aliphatic hydroxyl groups is 1. The fourth-order valence-electron chi connectivity index (χ4n) is 3.33. The summed E-state index contributed by atoms with van der Waals surface area (Å²) in [6.45, 7) is 4.58. The third-order valence-corrected chi connectivity index (χ3v) is 4.83. The molecule has 0 fully saturated rings. The normalized spacial score (nSPS) is 20.6. The van der Waals surface area contributed by atoms with Crippen LogP contribution in [0.2, 0.25) is 0 Å². The highest BCUT2D eigenvalue weighted by molar-refractivity contribution is 5.61. The topological polar surface area (TPSA) is 86.0 Å². The molecule has 0 spiro atoms. The molecule has 0 saturated heterocycles. The van der Waals surface area contributed by atoms with Crippen LogP contribution in [0, 0.1) is 0 Å². The summed E-state index contributed by atoms with van der Waals surface area (Å²) in [5.74, 6) is 1.16. The van der Waals surface area contributed by atoms with Crippen molar-refractivity contribution in [2.45, 2.75) is 38.0 Å². The van der Waals surface area contributed by atoms with Crippen molar-refractivity contribution in [2.24, 2.45) is 0 Å². The minimum Gasteiger partial charge on any atom is -0.485 e. The Labute approximate surface area is 160 Å². The van der Waals surface area contributed by atoms with Gasteiger partial charge in [0.2, 0.25) is 0 Å². The van der Waals surface area contributed by atoms with Gasteiger partial charge in [-0.05, 0) is 38.4 Å². The number of ether oxygens (including phenoxy) is 3. The van der Waals surface area contributed by atoms with Gasteiger partial charge in [0, 0.05) is 18.7 Å². The number of fused-ring (bicyclic) bond motifs is 1. The Kier molecular flexibility index (Phi) is 5.89. The van der Waals surface area contributed by atoms with Gasteiger partial charge in [0.1, 0.15) is 23.2 Å². The van der Waals surface area contributed by atoms with E-state index in [4.69, 9.17) is 19.9 Å². The molecule has 27 heavy (non-hydrogen) atoms. The zero-order valence-electron chi connectivity index (χ0n) is 16.1. The molecule has 0 bridgehead atoms. The van der Waals surface area contributed by atoms with E-state index >= 15 is 0 Å². The highest BCUT2D eigenvalue weighted by Gasteiger charge is 2.43. The van der Waals surface area contributed by atoms with Crippen LogP contribution in [0.15, 0.2) is 42.5 Å². The third-order valence-electron chi connectivity index (χ3n) is 4.83. The number of rotatable bonds is 7. The number of nitrogens with one attached hydrogen (secondary N) is 1. The Morgan fingerprint density at radius 3 is 2.67 bits per heavy atom. The van der Waals surface area contributed by atoms with E-state index in [1.54, 1.807) is 19.2 Å². The van der Waals surface area contributed by atoms with Crippen LogP contribution >= 0.6 is 0 Å². The van der Waals surface area contributed by atoms with Crippen molar-refractivity contribution >= 4 is 5.69 Å². The van der Waals surface area contributed by atoms with Gasteiger partial charge >= 0.3 is 0 Å². The molecule has 0 aliphatic carbocycles. The average molecular weight is 372 g/mol. The van der Waals surface area contributed by atoms with Crippen molar-refractivity contribution in [1.82, 2.24) is 5.32 Å². The summed E-state index contributed by atoms with van der Waals surface area (Å²) in [6, 6.07) is 13.5. The first-order chi connectivity index (χ1) is 12.9. The zero-order chi connectivity index (χ0) is 19.4. The van der Waals surface area contributed by atoms with Crippen LogP contribution in [-0.4, -0.2) is 37.3 Å². The maximum absolute atomic E-state index is 10.9. The van der Waals surface area contributed by atoms with E-state index in [9.17, 15) is 5.11 Å². The van der Waals surface area contributed by atoms with Crippen LogP contribution in [-0.2, 0) is 11.2 Å². The van der Waals surface area contributed by atoms with E-state index in [1.807, 2.05) is 32.0 Å². The molecule has 0 aromatic heterocycles. The number of hydrogen-bond acceptors (Lipinski definition) is 6. The highest BCUT2D eigenvalue weighted by atomic mass is 16.7. The first kappa shape index (κ1) is 19.5. The van der Waals surface area contributed by atoms with E-state index in [1.165, 1.54) is 5.56 Å². The lowest BCUT2D eigenvalue weighted by Gasteiger charge is -2.42. The lowest BCUT2D eigenvalue weighted by molar-refractivity contribution is -0.0646. The van der Waals surface area contributed by atoms with Crippen molar-refractivity contribution in [1.29, 1.82) is 0 Å². The van der Waals surface area contributed by atoms with Gasteiger partial charge in [-0.1, -0.05) is 30.3 Å². The molecule has 2 unspecified atom stereocenters. The number of benzene rings is 2. The van der Waals surface area contributed by atoms with Gasteiger partial charge in [0.05, 0.1) is 11.7 Å². The Hall–Kier alpha value is -2.28. The molecule has 2 aromatic carbocycles. The first-order valence-corrected chi connectivity index (χ1v) is 9.12. The second-order valence-corrected chi connectivity index (χ2v) is 7.30. The largest absolute Gasteiger partial charge is 0.485 e. The SMILES string of the molecule is COCOc1cc2c(cc1N)C(NCCc1ccccc1)C(O)C(C)(C)O2. The van der Waals surface area contributed by atoms with Crippen LogP contribution in [0.3, 0.4) is 0 Å². The van der Waals surface area contributed by atoms with Gasteiger partial charge in [0.15, 0.2) is 6.79 Å². The summed E-state index contributed by atoms with van der Waals surface area (Å²) in [5, 5.41) is 14.3. The van der Waals surface area contributed by atoms with Gasteiger partial charge in [-0.2, -0.15) is 0 Å². The summed E-state index contributed by atoms with van der Waals surface area (Å²) in [4.78, 5) is 0. The molecule has 3 rings (SSSR count). The quantitative estimate of drug-likeness (QED) is 0.512. The molecule has 6 nitrogen and oxygen atoms in total. The molecule has 0 saturated carbocycles. The van der Waals surface area contributed by atoms with E-state index in [-0.39, 0.29) is 12.8 Å². The summed E-state index contributed by atoms with van der Waals surface area (Å²) in [5.41, 5.74) is 7.95. The number of aliphatic hydroxyl groups excluding tert-OH is 1. The number of methoxy groups -OCH3 is 1. The minimum absolute atomic E-state index is 0.105. The van der Waals surface area contributed by atoms with E-state index in [0.717, 1.165) is 18.5 Å². The van der Waals surface area contributed by atoms with E-state index in [2.05, 4.69) is 17.4 Å². The molecule has 0 radical (unpaired) electrons. The van der Waals surface area contributed by atoms with E-state index in [0.29, 0.717) is 17.2 Å². The highest BCUT2D eigenvalue weighted by Crippen LogP contribution is 2.43. The summed E-state index contributed by atoms with van der Waals surface area (Å²) in [6.07, 6.45) is 0.150. The number of anilines is 1. The molecule has 146 valence electrons. The predicted molar refractivity (Wildman–Crippen MR) is 105 cm³/mol. The molecule has 6 heteroatoms. The van der Waals surface area contributed by atoms with Crippen LogP contribution in [0.5, 0.6) is 11.5 Å². The van der Waals surface area contributed by atoms with Crippen molar-refractivity contribution in [3.8, 4) is 11.5 Å². The lowest BCUT2D eigenvalue weighted by Crippen LogP contribution is -2.52. The fourth-order valence-corrected chi connectivity index (χ4v) is 3.33. The molecule has 1 aliphatic heterocycles. The summed E-state index contributed by atoms with van der Waals surface area (Å²) in [7, 11) is 1.55. The first-order valence-electron chi connectivity index (χ1n) is 9.12. The monoisotopic (exact) mass is 372 g/mol. The number of nitrogen functional groups attached to an aromatic ring is 1.